The normalized spacial score (nSPS) is 11.3. The molecule has 0 saturated carbocycles. The molecule has 24 heavy (non-hydrogen) atoms. The Labute approximate surface area is 151 Å². The van der Waals surface area contributed by atoms with E-state index in [2.05, 4.69) is 42.3 Å². The number of aromatic nitrogens is 2. The van der Waals surface area contributed by atoms with Crippen LogP contribution in [0, 0.1) is 0 Å². The minimum atomic E-state index is 1.20. The Kier molecular flexibility index (Phi) is 12.9. The Bertz CT molecular complexity index is 395. The summed E-state index contributed by atoms with van der Waals surface area (Å²) < 4.78 is 5.06. The van der Waals surface area contributed by atoms with Crippen molar-refractivity contribution >= 4 is 0 Å². The maximum absolute atomic E-state index is 2.54. The molecule has 2 nitrogen and oxygen atoms in total. The fourth-order valence-corrected chi connectivity index (χ4v) is 3.47. The highest BCUT2D eigenvalue weighted by Crippen LogP contribution is 2.10. The second-order valence-corrected chi connectivity index (χ2v) is 7.39. The van der Waals surface area contributed by atoms with Crippen LogP contribution in [-0.2, 0) is 19.5 Å². The lowest BCUT2D eigenvalue weighted by Crippen LogP contribution is -2.37. The Morgan fingerprint density at radius 2 is 1.29 bits per heavy atom. The first kappa shape index (κ1) is 21.3. The molecule has 0 aliphatic heterocycles. The minimum absolute atomic E-state index is 1.20. The van der Waals surface area contributed by atoms with E-state index in [1.807, 2.05) is 0 Å². The summed E-state index contributed by atoms with van der Waals surface area (Å²) in [5.41, 5.74) is 0. The van der Waals surface area contributed by atoms with E-state index < -0.39 is 0 Å². The van der Waals surface area contributed by atoms with Crippen molar-refractivity contribution in [3.8, 4) is 0 Å². The third-order valence-electron chi connectivity index (χ3n) is 5.10. The first-order chi connectivity index (χ1) is 11.8. The van der Waals surface area contributed by atoms with Gasteiger partial charge in [0.05, 0.1) is 13.1 Å². The van der Waals surface area contributed by atoms with E-state index in [1.165, 1.54) is 103 Å². The molecule has 0 radical (unpaired) electrons. The monoisotopic (exact) mass is 335 g/mol. The molecule has 0 aromatic carbocycles. The summed E-state index contributed by atoms with van der Waals surface area (Å²) in [6.45, 7) is 9.29. The lowest BCUT2D eigenvalue weighted by atomic mass is 10.1. The van der Waals surface area contributed by atoms with Crippen molar-refractivity contribution in [2.24, 2.45) is 0 Å². The number of hydrogen-bond donors (Lipinski definition) is 0. The third-order valence-corrected chi connectivity index (χ3v) is 5.10. The highest BCUT2D eigenvalue weighted by Gasteiger charge is 2.15. The second-order valence-electron chi connectivity index (χ2n) is 7.39. The Morgan fingerprint density at radius 1 is 0.708 bits per heavy atom. The topological polar surface area (TPSA) is 8.81 Å². The van der Waals surface area contributed by atoms with E-state index in [0.29, 0.717) is 0 Å². The number of hydrogen-bond acceptors (Lipinski definition) is 0. The van der Waals surface area contributed by atoms with Crippen LogP contribution < -0.4 is 4.57 Å². The minimum Gasteiger partial charge on any atom is -0.234 e. The van der Waals surface area contributed by atoms with Crippen LogP contribution in [0.2, 0.25) is 0 Å². The van der Waals surface area contributed by atoms with Crippen molar-refractivity contribution in [1.82, 2.24) is 4.57 Å². The number of rotatable bonds is 16. The Hall–Kier alpha value is -0.790. The number of nitrogens with zero attached hydrogens (tertiary/aromatic N) is 2. The van der Waals surface area contributed by atoms with Crippen molar-refractivity contribution in [3.63, 3.8) is 0 Å². The number of aryl methyl sites for hydroxylation is 2. The molecule has 2 heteroatoms. The lowest BCUT2D eigenvalue weighted by Gasteiger charge is -2.06. The highest BCUT2D eigenvalue weighted by atomic mass is 15.1. The van der Waals surface area contributed by atoms with Gasteiger partial charge in [0, 0.05) is 6.42 Å². The predicted molar refractivity (Wildman–Crippen MR) is 105 cm³/mol. The van der Waals surface area contributed by atoms with Crippen LogP contribution in [0.1, 0.15) is 110 Å². The summed E-state index contributed by atoms with van der Waals surface area (Å²) in [6.07, 6.45) is 23.7. The summed E-state index contributed by atoms with van der Waals surface area (Å²) in [6, 6.07) is 0. The van der Waals surface area contributed by atoms with Crippen molar-refractivity contribution in [3.05, 3.63) is 18.2 Å². The zero-order valence-corrected chi connectivity index (χ0v) is 16.9. The van der Waals surface area contributed by atoms with Crippen molar-refractivity contribution in [1.29, 1.82) is 0 Å². The molecule has 0 aliphatic rings. The smallest absolute Gasteiger partial charge is 0.234 e. The van der Waals surface area contributed by atoms with Gasteiger partial charge in [-0.1, -0.05) is 78.6 Å². The van der Waals surface area contributed by atoms with Gasteiger partial charge >= 0.3 is 0 Å². The average molecular weight is 336 g/mol. The molecule has 0 amide bonds. The third kappa shape index (κ3) is 8.89. The van der Waals surface area contributed by atoms with Crippen molar-refractivity contribution in [2.45, 2.75) is 124 Å². The average Bonchev–Trinajstić information content (AvgIpc) is 2.97. The number of unbranched alkanes of at least 4 members (excludes halogenated alkanes) is 10. The van der Waals surface area contributed by atoms with E-state index in [-0.39, 0.29) is 0 Å². The molecular weight excluding hydrogens is 292 g/mol. The van der Waals surface area contributed by atoms with Gasteiger partial charge in [-0.25, -0.2) is 9.13 Å². The van der Waals surface area contributed by atoms with Crippen LogP contribution >= 0.6 is 0 Å². The SMILES string of the molecule is CCCCCCCCCC[n+]1ccn(CCCC)c1CCCCC. The summed E-state index contributed by atoms with van der Waals surface area (Å²) in [7, 11) is 0. The van der Waals surface area contributed by atoms with Gasteiger partial charge in [-0.2, -0.15) is 0 Å². The highest BCUT2D eigenvalue weighted by molar-refractivity contribution is 4.84. The van der Waals surface area contributed by atoms with Crippen LogP contribution in [-0.4, -0.2) is 4.57 Å². The van der Waals surface area contributed by atoms with Crippen LogP contribution in [0.3, 0.4) is 0 Å². The van der Waals surface area contributed by atoms with Gasteiger partial charge in [-0.3, -0.25) is 0 Å². The maximum Gasteiger partial charge on any atom is 0.256 e. The predicted octanol–water partition coefficient (Wildman–Crippen LogP) is 6.45. The first-order valence-corrected chi connectivity index (χ1v) is 10.9. The summed E-state index contributed by atoms with van der Waals surface area (Å²) in [4.78, 5) is 0. The van der Waals surface area contributed by atoms with Crippen molar-refractivity contribution in [2.75, 3.05) is 0 Å². The van der Waals surface area contributed by atoms with E-state index in [0.717, 1.165) is 0 Å². The summed E-state index contributed by atoms with van der Waals surface area (Å²) in [5.74, 6) is 1.57. The van der Waals surface area contributed by atoms with Gasteiger partial charge in [0.1, 0.15) is 12.4 Å². The molecule has 0 fully saturated rings. The molecule has 1 aromatic rings. The molecule has 0 saturated heterocycles. The summed E-state index contributed by atoms with van der Waals surface area (Å²) in [5, 5.41) is 0. The van der Waals surface area contributed by atoms with Gasteiger partial charge in [0.2, 0.25) is 0 Å². The molecule has 0 aliphatic carbocycles. The molecule has 140 valence electrons. The molecule has 0 atom stereocenters. The van der Waals surface area contributed by atoms with Crippen LogP contribution in [0.5, 0.6) is 0 Å². The molecule has 1 rings (SSSR count). The fourth-order valence-electron chi connectivity index (χ4n) is 3.47. The fraction of sp³-hybridized carbons (Fsp3) is 0.864. The van der Waals surface area contributed by atoms with Gasteiger partial charge in [0.15, 0.2) is 0 Å². The largest absolute Gasteiger partial charge is 0.256 e. The van der Waals surface area contributed by atoms with Crippen LogP contribution in [0.15, 0.2) is 12.4 Å². The first-order valence-electron chi connectivity index (χ1n) is 10.9. The molecule has 0 N–H and O–H groups in total. The van der Waals surface area contributed by atoms with E-state index in [1.54, 1.807) is 5.82 Å². The van der Waals surface area contributed by atoms with E-state index >= 15 is 0 Å². The molecule has 0 spiro atoms. The number of imidazole rings is 1. The zero-order chi connectivity index (χ0) is 17.5. The second kappa shape index (κ2) is 14.5. The lowest BCUT2D eigenvalue weighted by molar-refractivity contribution is -0.704. The Balaban J connectivity index is 2.34. The van der Waals surface area contributed by atoms with Gasteiger partial charge in [-0.05, 0) is 25.7 Å². The molecule has 0 unspecified atom stereocenters. The van der Waals surface area contributed by atoms with Gasteiger partial charge in [-0.15, -0.1) is 0 Å². The standard InChI is InChI=1S/C22H43N2/c1-4-7-10-11-12-13-14-16-19-24-21-20-23(18-9-6-3)22(24)17-15-8-5-2/h20-21H,4-19H2,1-3H3/q+1. The maximum atomic E-state index is 2.54. The van der Waals surface area contributed by atoms with Crippen LogP contribution in [0.25, 0.3) is 0 Å². The summed E-state index contributed by atoms with van der Waals surface area (Å²) >= 11 is 0. The van der Waals surface area contributed by atoms with Gasteiger partial charge in [0.25, 0.3) is 5.82 Å². The van der Waals surface area contributed by atoms with Gasteiger partial charge < -0.3 is 0 Å². The van der Waals surface area contributed by atoms with Crippen molar-refractivity contribution < 1.29 is 4.57 Å². The zero-order valence-electron chi connectivity index (χ0n) is 16.9. The quantitative estimate of drug-likeness (QED) is 0.242. The molecular formula is C22H43N2+. The molecule has 0 bridgehead atoms. The molecule has 1 aromatic heterocycles. The Morgan fingerprint density at radius 3 is 1.96 bits per heavy atom. The van der Waals surface area contributed by atoms with Crippen LogP contribution in [0.4, 0.5) is 0 Å². The van der Waals surface area contributed by atoms with E-state index in [9.17, 15) is 0 Å². The molecule has 1 heterocycles. The van der Waals surface area contributed by atoms with E-state index in [4.69, 9.17) is 0 Å².